The molecule has 1 aliphatic heterocycles. The van der Waals surface area contributed by atoms with Crippen molar-refractivity contribution in [3.8, 4) is 11.3 Å². The highest BCUT2D eigenvalue weighted by Gasteiger charge is 2.25. The molecule has 10 heteroatoms. The summed E-state index contributed by atoms with van der Waals surface area (Å²) in [5, 5.41) is 6.66. The first-order chi connectivity index (χ1) is 17.2. The predicted molar refractivity (Wildman–Crippen MR) is 135 cm³/mol. The Morgan fingerprint density at radius 3 is 2.58 bits per heavy atom. The molecule has 1 aliphatic rings. The van der Waals surface area contributed by atoms with E-state index in [1.807, 2.05) is 46.0 Å². The van der Waals surface area contributed by atoms with Gasteiger partial charge in [-0.3, -0.25) is 9.59 Å². The number of carbonyl (C=O) groups is 2. The molecule has 2 amide bonds. The van der Waals surface area contributed by atoms with E-state index in [0.717, 1.165) is 28.1 Å². The molecular weight excluding hydrogens is 458 g/mol. The van der Waals surface area contributed by atoms with Gasteiger partial charge < -0.3 is 19.6 Å². The summed E-state index contributed by atoms with van der Waals surface area (Å²) in [6.45, 7) is 14.4. The lowest BCUT2D eigenvalue weighted by Gasteiger charge is -2.36. The summed E-state index contributed by atoms with van der Waals surface area (Å²) in [7, 11) is 0. The highest BCUT2D eigenvalue weighted by Crippen LogP contribution is 2.30. The summed E-state index contributed by atoms with van der Waals surface area (Å²) in [5.41, 5.74) is 4.37. The number of benzene rings is 1. The average Bonchev–Trinajstić information content (AvgIpc) is 3.39. The van der Waals surface area contributed by atoms with E-state index in [4.69, 9.17) is 4.52 Å². The van der Waals surface area contributed by atoms with Gasteiger partial charge in [-0.15, -0.1) is 0 Å². The van der Waals surface area contributed by atoms with Crippen molar-refractivity contribution in [2.24, 2.45) is 0 Å². The van der Waals surface area contributed by atoms with Gasteiger partial charge in [0.2, 0.25) is 11.8 Å². The maximum Gasteiger partial charge on any atom is 0.292 e. The van der Waals surface area contributed by atoms with Crippen LogP contribution in [0.5, 0.6) is 0 Å². The molecule has 0 saturated carbocycles. The Balaban J connectivity index is 1.45. The summed E-state index contributed by atoms with van der Waals surface area (Å²) in [5.74, 6) is 0.00799. The zero-order chi connectivity index (χ0) is 25.9. The minimum Gasteiger partial charge on any atom is -0.365 e. The van der Waals surface area contributed by atoms with Crippen molar-refractivity contribution in [1.29, 1.82) is 0 Å². The third kappa shape index (κ3) is 5.42. The van der Waals surface area contributed by atoms with Gasteiger partial charge in [-0.2, -0.15) is 4.98 Å². The Kier molecular flexibility index (Phi) is 7.14. The lowest BCUT2D eigenvalue weighted by atomic mass is 9.97. The van der Waals surface area contributed by atoms with Crippen LogP contribution in [0.3, 0.4) is 0 Å². The maximum absolute atomic E-state index is 12.5. The minimum atomic E-state index is -0.384. The van der Waals surface area contributed by atoms with E-state index in [0.29, 0.717) is 38.6 Å². The van der Waals surface area contributed by atoms with Crippen LogP contribution < -0.4 is 10.2 Å². The van der Waals surface area contributed by atoms with Crippen LogP contribution in [-0.4, -0.2) is 63.0 Å². The van der Waals surface area contributed by atoms with E-state index in [-0.39, 0.29) is 23.1 Å². The molecule has 0 atom stereocenters. The van der Waals surface area contributed by atoms with E-state index >= 15 is 0 Å². The van der Waals surface area contributed by atoms with Crippen molar-refractivity contribution in [2.45, 2.75) is 39.7 Å². The fourth-order valence-electron chi connectivity index (χ4n) is 3.99. The predicted octanol–water partition coefficient (Wildman–Crippen LogP) is 2.90. The number of rotatable bonds is 6. The molecule has 0 bridgehead atoms. The van der Waals surface area contributed by atoms with Gasteiger partial charge in [-0.05, 0) is 30.2 Å². The van der Waals surface area contributed by atoms with Crippen LogP contribution in [0, 0.1) is 6.92 Å². The minimum absolute atomic E-state index is 0.0229. The number of amides is 2. The fourth-order valence-corrected chi connectivity index (χ4v) is 3.99. The van der Waals surface area contributed by atoms with Gasteiger partial charge in [0.15, 0.2) is 0 Å². The molecule has 36 heavy (non-hydrogen) atoms. The number of anilines is 1. The Morgan fingerprint density at radius 1 is 1.19 bits per heavy atom. The van der Waals surface area contributed by atoms with Crippen LogP contribution in [-0.2, 0) is 16.8 Å². The second-order valence-corrected chi connectivity index (χ2v) is 9.77. The maximum atomic E-state index is 12.5. The summed E-state index contributed by atoms with van der Waals surface area (Å²) in [4.78, 5) is 41.4. The lowest BCUT2D eigenvalue weighted by molar-refractivity contribution is -0.126. The zero-order valence-electron chi connectivity index (χ0n) is 21.1. The monoisotopic (exact) mass is 489 g/mol. The van der Waals surface area contributed by atoms with E-state index < -0.39 is 0 Å². The first-order valence-electron chi connectivity index (χ1n) is 11.9. The number of hydrogen-bond acceptors (Lipinski definition) is 8. The van der Waals surface area contributed by atoms with Crippen molar-refractivity contribution < 1.29 is 14.1 Å². The number of nitrogens with zero attached hydrogens (tertiary/aromatic N) is 6. The Hall–Kier alpha value is -4.08. The topological polar surface area (TPSA) is 117 Å². The normalized spacial score (nSPS) is 14.0. The molecule has 4 rings (SSSR count). The molecule has 0 aliphatic carbocycles. The molecule has 1 fully saturated rings. The molecule has 10 nitrogen and oxygen atoms in total. The molecule has 1 aromatic carbocycles. The Bertz CT molecular complexity index is 1270. The average molecular weight is 490 g/mol. The third-order valence-corrected chi connectivity index (χ3v) is 6.13. The van der Waals surface area contributed by atoms with Crippen molar-refractivity contribution in [2.75, 3.05) is 31.1 Å². The molecule has 0 radical (unpaired) electrons. The smallest absolute Gasteiger partial charge is 0.292 e. The molecule has 2 aromatic heterocycles. The Labute approximate surface area is 210 Å². The van der Waals surface area contributed by atoms with E-state index in [2.05, 4.69) is 43.0 Å². The highest BCUT2D eigenvalue weighted by atomic mass is 16.5. The van der Waals surface area contributed by atoms with Crippen molar-refractivity contribution in [3.63, 3.8) is 0 Å². The van der Waals surface area contributed by atoms with Crippen LogP contribution >= 0.6 is 0 Å². The van der Waals surface area contributed by atoms with E-state index in [1.54, 1.807) is 4.90 Å². The molecular formula is C26H31N7O3. The van der Waals surface area contributed by atoms with Crippen molar-refractivity contribution in [3.05, 3.63) is 66.2 Å². The standard InChI is InChI=1S/C26H31N7O3/c1-6-21(34)33-11-9-32(10-12-33)20-15-27-16-29-22(20)18-7-8-19(17(2)13-18)14-28-24(35)23-30-25(36-31-23)26(3,4)5/h6-8,13,15-16H,1,9-12,14H2,2-5H3,(H,28,35). The first kappa shape index (κ1) is 25.0. The largest absolute Gasteiger partial charge is 0.365 e. The number of piperazine rings is 1. The number of aryl methyl sites for hydroxylation is 1. The third-order valence-electron chi connectivity index (χ3n) is 6.13. The number of aromatic nitrogens is 4. The number of carbonyl (C=O) groups excluding carboxylic acids is 2. The molecule has 0 unspecified atom stereocenters. The second-order valence-electron chi connectivity index (χ2n) is 9.77. The van der Waals surface area contributed by atoms with Crippen molar-refractivity contribution in [1.82, 2.24) is 30.3 Å². The molecule has 0 spiro atoms. The second kappa shape index (κ2) is 10.3. The van der Waals surface area contributed by atoms with Crippen molar-refractivity contribution >= 4 is 17.5 Å². The zero-order valence-corrected chi connectivity index (χ0v) is 21.1. The van der Waals surface area contributed by atoms with Gasteiger partial charge in [-0.25, -0.2) is 9.97 Å². The van der Waals surface area contributed by atoms with Gasteiger partial charge in [0.25, 0.3) is 11.7 Å². The quantitative estimate of drug-likeness (QED) is 0.525. The molecule has 3 heterocycles. The van der Waals surface area contributed by atoms with Crippen LogP contribution in [0.25, 0.3) is 11.3 Å². The van der Waals surface area contributed by atoms with Crippen LogP contribution in [0.4, 0.5) is 5.69 Å². The van der Waals surface area contributed by atoms with Crippen LogP contribution in [0.1, 0.15) is 48.4 Å². The van der Waals surface area contributed by atoms with Gasteiger partial charge in [0.05, 0.1) is 17.6 Å². The highest BCUT2D eigenvalue weighted by molar-refractivity contribution is 5.90. The fraction of sp³-hybridized carbons (Fsp3) is 0.385. The number of nitrogens with one attached hydrogen (secondary N) is 1. The first-order valence-corrected chi connectivity index (χ1v) is 11.9. The van der Waals surface area contributed by atoms with Crippen LogP contribution in [0.15, 0.2) is 47.9 Å². The van der Waals surface area contributed by atoms with E-state index in [1.165, 1.54) is 12.4 Å². The summed E-state index contributed by atoms with van der Waals surface area (Å²) >= 11 is 0. The van der Waals surface area contributed by atoms with Gasteiger partial charge in [-0.1, -0.05) is 44.6 Å². The molecule has 188 valence electrons. The van der Waals surface area contributed by atoms with Gasteiger partial charge in [0.1, 0.15) is 6.33 Å². The summed E-state index contributed by atoms with van der Waals surface area (Å²) in [6.07, 6.45) is 4.70. The molecule has 1 N–H and O–H groups in total. The van der Waals surface area contributed by atoms with Gasteiger partial charge in [0, 0.05) is 43.7 Å². The van der Waals surface area contributed by atoms with Crippen LogP contribution in [0.2, 0.25) is 0 Å². The summed E-state index contributed by atoms with van der Waals surface area (Å²) in [6, 6.07) is 6.02. The molecule has 3 aromatic rings. The van der Waals surface area contributed by atoms with E-state index in [9.17, 15) is 9.59 Å². The SMILES string of the molecule is C=CC(=O)N1CCN(c2cncnc2-c2ccc(CNC(=O)c3noc(C(C)(C)C)n3)c(C)c2)CC1. The summed E-state index contributed by atoms with van der Waals surface area (Å²) < 4.78 is 5.21. The lowest BCUT2D eigenvalue weighted by Crippen LogP contribution is -2.48. The Morgan fingerprint density at radius 2 is 1.94 bits per heavy atom. The van der Waals surface area contributed by atoms with Gasteiger partial charge >= 0.3 is 0 Å². The molecule has 1 saturated heterocycles. The number of hydrogen-bond donors (Lipinski definition) is 1.